The number of para-hydroxylation sites is 2. The lowest BCUT2D eigenvalue weighted by Gasteiger charge is -2.25. The van der Waals surface area contributed by atoms with Gasteiger partial charge in [-0.05, 0) is 24.5 Å². The molecule has 0 spiro atoms. The third-order valence-corrected chi connectivity index (χ3v) is 5.43. The van der Waals surface area contributed by atoms with Crippen LogP contribution in [0.5, 0.6) is 11.5 Å². The third-order valence-electron chi connectivity index (χ3n) is 4.41. The average Bonchev–Trinajstić information content (AvgIpc) is 3.08. The molecule has 1 aliphatic rings. The average molecular weight is 421 g/mol. The van der Waals surface area contributed by atoms with Crippen molar-refractivity contribution < 1.29 is 19.0 Å². The van der Waals surface area contributed by atoms with Crippen LogP contribution in [0.3, 0.4) is 0 Å². The van der Waals surface area contributed by atoms with E-state index in [-0.39, 0.29) is 17.8 Å². The number of fused-ring (bicyclic) bond motifs is 1. The van der Waals surface area contributed by atoms with Crippen molar-refractivity contribution in [3.63, 3.8) is 0 Å². The van der Waals surface area contributed by atoms with Gasteiger partial charge in [-0.3, -0.25) is 4.79 Å². The zero-order valence-corrected chi connectivity index (χ0v) is 17.9. The van der Waals surface area contributed by atoms with E-state index in [0.29, 0.717) is 42.4 Å². The van der Waals surface area contributed by atoms with Crippen LogP contribution in [0.15, 0.2) is 29.4 Å². The molecular formula is C20H28N4O4S. The maximum Gasteiger partial charge on any atom is 0.230 e. The molecule has 1 unspecified atom stereocenters. The largest absolute Gasteiger partial charge is 0.485 e. The summed E-state index contributed by atoms with van der Waals surface area (Å²) in [6, 6.07) is 7.54. The number of carbonyl (C=O) groups is 1. The van der Waals surface area contributed by atoms with E-state index in [1.807, 2.05) is 35.9 Å². The van der Waals surface area contributed by atoms with Crippen molar-refractivity contribution in [1.82, 2.24) is 20.1 Å². The summed E-state index contributed by atoms with van der Waals surface area (Å²) in [7, 11) is 1.86. The summed E-state index contributed by atoms with van der Waals surface area (Å²) in [5.74, 6) is 2.92. The van der Waals surface area contributed by atoms with Crippen molar-refractivity contribution in [1.29, 1.82) is 0 Å². The highest BCUT2D eigenvalue weighted by Gasteiger charge is 2.27. The molecule has 0 bridgehead atoms. The van der Waals surface area contributed by atoms with Crippen LogP contribution in [0, 0.1) is 5.92 Å². The smallest absolute Gasteiger partial charge is 0.230 e. The fourth-order valence-corrected chi connectivity index (χ4v) is 3.49. The second kappa shape index (κ2) is 10.5. The molecule has 2 heterocycles. The minimum absolute atomic E-state index is 0.0572. The Labute approximate surface area is 175 Å². The molecule has 0 saturated carbocycles. The summed E-state index contributed by atoms with van der Waals surface area (Å²) < 4.78 is 19.1. The molecule has 3 rings (SSSR count). The Morgan fingerprint density at radius 2 is 2.10 bits per heavy atom. The summed E-state index contributed by atoms with van der Waals surface area (Å²) in [5, 5.41) is 11.9. The maximum absolute atomic E-state index is 12.0. The third kappa shape index (κ3) is 6.11. The standard InChI is InChI=1S/C20H28N4O4S/c1-14(2)8-10-26-11-9-21-18(25)13-29-20-23-22-19(24(20)3)17-12-27-15-6-4-5-7-16(15)28-17/h4-7,14,17H,8-13H2,1-3H3,(H,21,25). The Kier molecular flexibility index (Phi) is 7.76. The van der Waals surface area contributed by atoms with Gasteiger partial charge in [-0.25, -0.2) is 0 Å². The minimum atomic E-state index is -0.339. The van der Waals surface area contributed by atoms with Crippen LogP contribution in [0.2, 0.25) is 0 Å². The van der Waals surface area contributed by atoms with Crippen molar-refractivity contribution in [2.75, 3.05) is 32.1 Å². The monoisotopic (exact) mass is 420 g/mol. The number of hydrogen-bond donors (Lipinski definition) is 1. The van der Waals surface area contributed by atoms with Crippen LogP contribution < -0.4 is 14.8 Å². The highest BCUT2D eigenvalue weighted by molar-refractivity contribution is 7.99. The second-order valence-corrected chi connectivity index (χ2v) is 8.14. The van der Waals surface area contributed by atoms with Crippen LogP contribution in [0.1, 0.15) is 32.2 Å². The quantitative estimate of drug-likeness (QED) is 0.467. The van der Waals surface area contributed by atoms with Gasteiger partial charge in [-0.1, -0.05) is 37.7 Å². The van der Waals surface area contributed by atoms with Gasteiger partial charge in [0, 0.05) is 20.2 Å². The number of ether oxygens (including phenoxy) is 3. The molecule has 1 amide bonds. The SMILES string of the molecule is CC(C)CCOCCNC(=O)CSc1nnc(C2COc3ccccc3O2)n1C. The molecule has 1 aliphatic heterocycles. The molecule has 0 radical (unpaired) electrons. The van der Waals surface area contributed by atoms with E-state index in [1.165, 1.54) is 11.8 Å². The number of amides is 1. The number of hydrogen-bond acceptors (Lipinski definition) is 7. The molecule has 1 aromatic carbocycles. The Morgan fingerprint density at radius 1 is 1.31 bits per heavy atom. The molecule has 1 aromatic heterocycles. The summed E-state index contributed by atoms with van der Waals surface area (Å²) in [6.45, 7) is 6.44. The number of thioether (sulfide) groups is 1. The maximum atomic E-state index is 12.0. The van der Waals surface area contributed by atoms with Crippen LogP contribution in [0.25, 0.3) is 0 Å². The van der Waals surface area contributed by atoms with Gasteiger partial charge in [0.2, 0.25) is 5.91 Å². The van der Waals surface area contributed by atoms with Crippen molar-refractivity contribution in [3.8, 4) is 11.5 Å². The van der Waals surface area contributed by atoms with Crippen molar-refractivity contribution in [2.45, 2.75) is 31.5 Å². The molecule has 29 heavy (non-hydrogen) atoms. The van der Waals surface area contributed by atoms with E-state index >= 15 is 0 Å². The Hall–Kier alpha value is -2.26. The molecule has 2 aromatic rings. The Bertz CT molecular complexity index is 812. The molecule has 0 saturated heterocycles. The molecule has 0 aliphatic carbocycles. The highest BCUT2D eigenvalue weighted by atomic mass is 32.2. The summed E-state index contributed by atoms with van der Waals surface area (Å²) in [6.07, 6.45) is 0.688. The van der Waals surface area contributed by atoms with Gasteiger partial charge >= 0.3 is 0 Å². The van der Waals surface area contributed by atoms with E-state index in [9.17, 15) is 4.79 Å². The Morgan fingerprint density at radius 3 is 2.90 bits per heavy atom. The molecule has 9 heteroatoms. The number of carbonyl (C=O) groups excluding carboxylic acids is 1. The minimum Gasteiger partial charge on any atom is -0.485 e. The Balaban J connectivity index is 1.42. The first kappa shape index (κ1) is 21.4. The van der Waals surface area contributed by atoms with E-state index < -0.39 is 0 Å². The number of benzene rings is 1. The van der Waals surface area contributed by atoms with Crippen LogP contribution >= 0.6 is 11.8 Å². The lowest BCUT2D eigenvalue weighted by atomic mass is 10.1. The van der Waals surface area contributed by atoms with Crippen molar-refractivity contribution in [3.05, 3.63) is 30.1 Å². The van der Waals surface area contributed by atoms with Crippen LogP contribution in [-0.2, 0) is 16.6 Å². The predicted molar refractivity (Wildman–Crippen MR) is 110 cm³/mol. The van der Waals surface area contributed by atoms with Gasteiger partial charge in [-0.15, -0.1) is 10.2 Å². The van der Waals surface area contributed by atoms with Crippen LogP contribution in [0.4, 0.5) is 0 Å². The lowest BCUT2D eigenvalue weighted by Crippen LogP contribution is -2.29. The molecule has 0 fully saturated rings. The van der Waals surface area contributed by atoms with Crippen LogP contribution in [-0.4, -0.2) is 52.8 Å². The van der Waals surface area contributed by atoms with E-state index in [0.717, 1.165) is 18.8 Å². The summed E-state index contributed by atoms with van der Waals surface area (Å²) >= 11 is 1.34. The number of nitrogens with one attached hydrogen (secondary N) is 1. The fraction of sp³-hybridized carbons (Fsp3) is 0.550. The first-order valence-electron chi connectivity index (χ1n) is 9.79. The normalized spacial score (nSPS) is 15.5. The molecular weight excluding hydrogens is 392 g/mol. The van der Waals surface area contributed by atoms with Gasteiger partial charge < -0.3 is 24.1 Å². The zero-order valence-electron chi connectivity index (χ0n) is 17.1. The van der Waals surface area contributed by atoms with E-state index in [2.05, 4.69) is 29.4 Å². The number of nitrogens with zero attached hydrogens (tertiary/aromatic N) is 3. The first-order valence-corrected chi connectivity index (χ1v) is 10.8. The predicted octanol–water partition coefficient (Wildman–Crippen LogP) is 2.60. The van der Waals surface area contributed by atoms with Gasteiger partial charge in [0.05, 0.1) is 12.4 Å². The van der Waals surface area contributed by atoms with Gasteiger partial charge in [0.1, 0.15) is 6.61 Å². The van der Waals surface area contributed by atoms with E-state index in [1.54, 1.807) is 0 Å². The second-order valence-electron chi connectivity index (χ2n) is 7.20. The lowest BCUT2D eigenvalue weighted by molar-refractivity contribution is -0.118. The first-order chi connectivity index (χ1) is 14.0. The van der Waals surface area contributed by atoms with Crippen molar-refractivity contribution in [2.24, 2.45) is 13.0 Å². The molecule has 1 N–H and O–H groups in total. The van der Waals surface area contributed by atoms with Gasteiger partial charge in [0.15, 0.2) is 28.6 Å². The van der Waals surface area contributed by atoms with E-state index in [4.69, 9.17) is 14.2 Å². The summed E-state index contributed by atoms with van der Waals surface area (Å²) in [5.41, 5.74) is 0. The fourth-order valence-electron chi connectivity index (χ4n) is 2.74. The molecule has 8 nitrogen and oxygen atoms in total. The zero-order chi connectivity index (χ0) is 20.6. The number of aromatic nitrogens is 3. The topological polar surface area (TPSA) is 87.5 Å². The highest BCUT2D eigenvalue weighted by Crippen LogP contribution is 2.35. The number of rotatable bonds is 10. The van der Waals surface area contributed by atoms with Crippen molar-refractivity contribution >= 4 is 17.7 Å². The molecule has 1 atom stereocenters. The van der Waals surface area contributed by atoms with Gasteiger partial charge in [-0.2, -0.15) is 0 Å². The summed E-state index contributed by atoms with van der Waals surface area (Å²) in [4.78, 5) is 12.0. The molecule has 158 valence electrons. The van der Waals surface area contributed by atoms with Gasteiger partial charge in [0.25, 0.3) is 0 Å².